The second kappa shape index (κ2) is 7.92. The minimum Gasteiger partial charge on any atom is -0.334 e. The number of nitrogens with zero attached hydrogens (tertiary/aromatic N) is 2. The van der Waals surface area contributed by atoms with Crippen molar-refractivity contribution in [3.8, 4) is 0 Å². The first-order valence-electron chi connectivity index (χ1n) is 8.75. The van der Waals surface area contributed by atoms with Crippen molar-refractivity contribution < 1.29 is 13.6 Å². The Balaban J connectivity index is 1.62. The molecule has 0 aliphatic carbocycles. The standard InChI is InChI=1S/C18H25F2N3O/c19-17(20)13-23(12-14-6-2-1-3-7-14)18(24)21-15-9-11-22-10-5-4-8-16(15)22/h1-3,6-7,15-17H,4-5,8-13H2,(H,21,24)/t15-,16+/m1/s1. The van der Waals surface area contributed by atoms with Gasteiger partial charge in [-0.15, -0.1) is 0 Å². The van der Waals surface area contributed by atoms with Crippen LogP contribution in [0, 0.1) is 0 Å². The number of benzene rings is 1. The number of carbonyl (C=O) groups is 1. The molecule has 0 radical (unpaired) electrons. The molecule has 0 aromatic heterocycles. The molecule has 1 aromatic rings. The van der Waals surface area contributed by atoms with Crippen molar-refractivity contribution >= 4 is 6.03 Å². The number of urea groups is 1. The van der Waals surface area contributed by atoms with Crippen LogP contribution in [0.4, 0.5) is 13.6 Å². The fourth-order valence-corrected chi connectivity index (χ4v) is 3.86. The van der Waals surface area contributed by atoms with E-state index in [9.17, 15) is 13.6 Å². The molecule has 2 fully saturated rings. The number of fused-ring (bicyclic) bond motifs is 1. The molecule has 2 aliphatic rings. The quantitative estimate of drug-likeness (QED) is 0.896. The van der Waals surface area contributed by atoms with Crippen LogP contribution in [0.2, 0.25) is 0 Å². The fraction of sp³-hybridized carbons (Fsp3) is 0.611. The summed E-state index contributed by atoms with van der Waals surface area (Å²) in [6.45, 7) is 1.74. The van der Waals surface area contributed by atoms with E-state index >= 15 is 0 Å². The number of hydrogen-bond donors (Lipinski definition) is 1. The summed E-state index contributed by atoms with van der Waals surface area (Å²) in [5.41, 5.74) is 0.860. The van der Waals surface area contributed by atoms with Crippen molar-refractivity contribution in [1.29, 1.82) is 0 Å². The Morgan fingerprint density at radius 1 is 1.21 bits per heavy atom. The number of rotatable bonds is 5. The highest BCUT2D eigenvalue weighted by molar-refractivity contribution is 5.74. The number of alkyl halides is 2. The van der Waals surface area contributed by atoms with E-state index in [1.54, 1.807) is 0 Å². The molecular formula is C18H25F2N3O. The van der Waals surface area contributed by atoms with Crippen LogP contribution in [-0.4, -0.2) is 54.0 Å². The number of nitrogens with one attached hydrogen (secondary N) is 1. The maximum absolute atomic E-state index is 12.9. The number of piperidine rings is 1. The van der Waals surface area contributed by atoms with Gasteiger partial charge in [-0.1, -0.05) is 36.8 Å². The molecule has 4 nitrogen and oxygen atoms in total. The van der Waals surface area contributed by atoms with E-state index in [4.69, 9.17) is 0 Å². The van der Waals surface area contributed by atoms with Crippen LogP contribution in [0.5, 0.6) is 0 Å². The van der Waals surface area contributed by atoms with E-state index in [1.165, 1.54) is 17.7 Å². The Hall–Kier alpha value is -1.69. The van der Waals surface area contributed by atoms with Gasteiger partial charge < -0.3 is 10.2 Å². The molecule has 24 heavy (non-hydrogen) atoms. The molecule has 3 rings (SSSR count). The predicted octanol–water partition coefficient (Wildman–Crippen LogP) is 3.09. The molecular weight excluding hydrogens is 312 g/mol. The van der Waals surface area contributed by atoms with Crippen LogP contribution >= 0.6 is 0 Å². The van der Waals surface area contributed by atoms with E-state index in [1.807, 2.05) is 30.3 Å². The van der Waals surface area contributed by atoms with Gasteiger partial charge in [0.1, 0.15) is 0 Å². The second-order valence-corrected chi connectivity index (χ2v) is 6.70. The van der Waals surface area contributed by atoms with E-state index in [2.05, 4.69) is 10.2 Å². The molecule has 0 bridgehead atoms. The third-order valence-electron chi connectivity index (χ3n) is 5.03. The average molecular weight is 337 g/mol. The summed E-state index contributed by atoms with van der Waals surface area (Å²) in [7, 11) is 0. The van der Waals surface area contributed by atoms with E-state index in [0.717, 1.165) is 31.5 Å². The van der Waals surface area contributed by atoms with E-state index in [0.29, 0.717) is 6.04 Å². The zero-order valence-corrected chi connectivity index (χ0v) is 13.8. The highest BCUT2D eigenvalue weighted by atomic mass is 19.3. The zero-order chi connectivity index (χ0) is 16.9. The first-order valence-corrected chi connectivity index (χ1v) is 8.75. The summed E-state index contributed by atoms with van der Waals surface area (Å²) >= 11 is 0. The van der Waals surface area contributed by atoms with E-state index < -0.39 is 13.0 Å². The lowest BCUT2D eigenvalue weighted by Gasteiger charge is -2.33. The van der Waals surface area contributed by atoms with Crippen molar-refractivity contribution in [3.05, 3.63) is 35.9 Å². The Morgan fingerprint density at radius 2 is 2.00 bits per heavy atom. The van der Waals surface area contributed by atoms with Crippen molar-refractivity contribution in [2.24, 2.45) is 0 Å². The number of hydrogen-bond acceptors (Lipinski definition) is 2. The highest BCUT2D eigenvalue weighted by Gasteiger charge is 2.37. The Morgan fingerprint density at radius 3 is 2.75 bits per heavy atom. The molecule has 1 N–H and O–H groups in total. The maximum atomic E-state index is 12.9. The Kier molecular flexibility index (Phi) is 5.66. The topological polar surface area (TPSA) is 35.6 Å². The van der Waals surface area contributed by atoms with Crippen molar-refractivity contribution in [2.75, 3.05) is 19.6 Å². The van der Waals surface area contributed by atoms with Gasteiger partial charge in [-0.05, 0) is 31.4 Å². The van der Waals surface area contributed by atoms with Gasteiger partial charge in [-0.3, -0.25) is 4.90 Å². The molecule has 6 heteroatoms. The van der Waals surface area contributed by atoms with Crippen molar-refractivity contribution in [1.82, 2.24) is 15.1 Å². The number of carbonyl (C=O) groups excluding carboxylic acids is 1. The first kappa shape index (κ1) is 17.1. The monoisotopic (exact) mass is 337 g/mol. The van der Waals surface area contributed by atoms with Crippen LogP contribution in [0.3, 0.4) is 0 Å². The highest BCUT2D eigenvalue weighted by Crippen LogP contribution is 2.27. The summed E-state index contributed by atoms with van der Waals surface area (Å²) < 4.78 is 25.8. The first-order chi connectivity index (χ1) is 11.6. The molecule has 2 saturated heterocycles. The normalized spacial score (nSPS) is 24.0. The number of halogens is 2. The molecule has 2 heterocycles. The zero-order valence-electron chi connectivity index (χ0n) is 13.8. The Bertz CT molecular complexity index is 540. The lowest BCUT2D eigenvalue weighted by atomic mass is 9.99. The van der Waals surface area contributed by atoms with Gasteiger partial charge in [0, 0.05) is 25.2 Å². The maximum Gasteiger partial charge on any atom is 0.318 e. The van der Waals surface area contributed by atoms with Crippen molar-refractivity contribution in [3.63, 3.8) is 0 Å². The van der Waals surface area contributed by atoms with Crippen LogP contribution in [0.25, 0.3) is 0 Å². The summed E-state index contributed by atoms with van der Waals surface area (Å²) in [6.07, 6.45) is 1.85. The molecule has 132 valence electrons. The molecule has 1 aromatic carbocycles. The van der Waals surface area contributed by atoms with Crippen molar-refractivity contribution in [2.45, 2.75) is 50.7 Å². The molecule has 0 saturated carbocycles. The lowest BCUT2D eigenvalue weighted by Crippen LogP contribution is -2.51. The van der Waals surface area contributed by atoms with Gasteiger partial charge in [0.25, 0.3) is 6.43 Å². The second-order valence-electron chi connectivity index (χ2n) is 6.70. The minimum atomic E-state index is -2.53. The SMILES string of the molecule is O=C(N[C@@H]1CCN2CCCC[C@@H]12)N(Cc1ccccc1)CC(F)F. The summed E-state index contributed by atoms with van der Waals surface area (Å²) in [6, 6.07) is 9.35. The molecule has 2 aliphatic heterocycles. The largest absolute Gasteiger partial charge is 0.334 e. The Labute approximate surface area is 141 Å². The summed E-state index contributed by atoms with van der Waals surface area (Å²) in [5.74, 6) is 0. The van der Waals surface area contributed by atoms with E-state index in [-0.39, 0.29) is 18.6 Å². The smallest absolute Gasteiger partial charge is 0.318 e. The van der Waals surface area contributed by atoms with Crippen LogP contribution < -0.4 is 5.32 Å². The van der Waals surface area contributed by atoms with Crippen LogP contribution in [-0.2, 0) is 6.54 Å². The predicted molar refractivity (Wildman–Crippen MR) is 89.0 cm³/mol. The third-order valence-corrected chi connectivity index (χ3v) is 5.03. The van der Waals surface area contributed by atoms with Crippen LogP contribution in [0.15, 0.2) is 30.3 Å². The molecule has 0 unspecified atom stereocenters. The van der Waals surface area contributed by atoms with Gasteiger partial charge in [0.05, 0.1) is 6.54 Å². The fourth-order valence-electron chi connectivity index (χ4n) is 3.86. The third kappa shape index (κ3) is 4.23. The minimum absolute atomic E-state index is 0.0775. The van der Waals surface area contributed by atoms with Gasteiger partial charge in [-0.25, -0.2) is 13.6 Å². The molecule has 0 spiro atoms. The van der Waals surface area contributed by atoms with Gasteiger partial charge in [-0.2, -0.15) is 0 Å². The van der Waals surface area contributed by atoms with Crippen LogP contribution in [0.1, 0.15) is 31.2 Å². The molecule has 2 atom stereocenters. The summed E-state index contributed by atoms with van der Waals surface area (Å²) in [5, 5.41) is 3.02. The van der Waals surface area contributed by atoms with Gasteiger partial charge in [0.2, 0.25) is 0 Å². The lowest BCUT2D eigenvalue weighted by molar-refractivity contribution is 0.0933. The average Bonchev–Trinajstić information content (AvgIpc) is 2.98. The van der Waals surface area contributed by atoms with Gasteiger partial charge >= 0.3 is 6.03 Å². The van der Waals surface area contributed by atoms with Gasteiger partial charge in [0.15, 0.2) is 0 Å². The summed E-state index contributed by atoms with van der Waals surface area (Å²) in [4.78, 5) is 16.2. The number of amides is 2. The molecule has 2 amide bonds.